The number of benzene rings is 1. The van der Waals surface area contributed by atoms with Crippen molar-refractivity contribution in [3.63, 3.8) is 0 Å². The van der Waals surface area contributed by atoms with Crippen LogP contribution < -0.4 is 14.8 Å². The molecule has 1 amide bonds. The second kappa shape index (κ2) is 8.69. The molecule has 1 unspecified atom stereocenters. The summed E-state index contributed by atoms with van der Waals surface area (Å²) in [6, 6.07) is 11.7. The standard InChI is InChI=1S/C19H22N2O3S/c1-2-9-21(12-16-6-5-10-25-16)13-19(22)20-11-15-14-23-17-7-3-4-8-18(17)24-15/h2-8,10,15H,1,9,11-14H2,(H,20,22). The molecule has 0 saturated heterocycles. The Kier molecular flexibility index (Phi) is 6.09. The number of rotatable bonds is 8. The number of para-hydroxylation sites is 2. The molecule has 0 radical (unpaired) electrons. The van der Waals surface area contributed by atoms with E-state index in [0.717, 1.165) is 18.0 Å². The number of nitrogens with zero attached hydrogens (tertiary/aromatic N) is 1. The summed E-state index contributed by atoms with van der Waals surface area (Å²) in [5.41, 5.74) is 0. The molecule has 0 fully saturated rings. The van der Waals surface area contributed by atoms with Gasteiger partial charge in [0.25, 0.3) is 0 Å². The average molecular weight is 358 g/mol. The molecule has 25 heavy (non-hydrogen) atoms. The summed E-state index contributed by atoms with van der Waals surface area (Å²) < 4.78 is 11.5. The van der Waals surface area contributed by atoms with Crippen molar-refractivity contribution < 1.29 is 14.3 Å². The summed E-state index contributed by atoms with van der Waals surface area (Å²) >= 11 is 1.69. The molecule has 1 aliphatic rings. The van der Waals surface area contributed by atoms with Gasteiger partial charge in [0.05, 0.1) is 13.1 Å². The third-order valence-corrected chi connectivity index (χ3v) is 4.67. The Morgan fingerprint density at radius 3 is 2.92 bits per heavy atom. The summed E-state index contributed by atoms with van der Waals surface area (Å²) in [6.45, 7) is 6.37. The molecule has 1 N–H and O–H groups in total. The number of hydrogen-bond donors (Lipinski definition) is 1. The van der Waals surface area contributed by atoms with Crippen molar-refractivity contribution in [2.75, 3.05) is 26.2 Å². The molecule has 5 nitrogen and oxygen atoms in total. The van der Waals surface area contributed by atoms with Crippen LogP contribution in [-0.4, -0.2) is 43.2 Å². The fourth-order valence-electron chi connectivity index (χ4n) is 2.64. The lowest BCUT2D eigenvalue weighted by atomic mass is 10.2. The minimum atomic E-state index is -0.177. The van der Waals surface area contributed by atoms with Crippen molar-refractivity contribution >= 4 is 17.2 Å². The summed E-state index contributed by atoms with van der Waals surface area (Å²) in [5, 5.41) is 4.98. The van der Waals surface area contributed by atoms with Crippen LogP contribution in [-0.2, 0) is 11.3 Å². The Hall–Kier alpha value is -2.31. The summed E-state index contributed by atoms with van der Waals surface area (Å²) in [5.74, 6) is 1.44. The number of hydrogen-bond acceptors (Lipinski definition) is 5. The van der Waals surface area contributed by atoms with Gasteiger partial charge in [0.2, 0.25) is 5.91 Å². The van der Waals surface area contributed by atoms with E-state index >= 15 is 0 Å². The largest absolute Gasteiger partial charge is 0.486 e. The van der Waals surface area contributed by atoms with E-state index in [4.69, 9.17) is 9.47 Å². The van der Waals surface area contributed by atoms with Gasteiger partial charge in [-0.05, 0) is 23.6 Å². The third-order valence-electron chi connectivity index (χ3n) is 3.81. The molecule has 1 aromatic heterocycles. The highest BCUT2D eigenvalue weighted by Gasteiger charge is 2.21. The molecule has 6 heteroatoms. The zero-order valence-corrected chi connectivity index (χ0v) is 14.8. The minimum absolute atomic E-state index is 0.0270. The van der Waals surface area contributed by atoms with E-state index in [1.54, 1.807) is 11.3 Å². The quantitative estimate of drug-likeness (QED) is 0.737. The Morgan fingerprint density at radius 1 is 1.32 bits per heavy atom. The lowest BCUT2D eigenvalue weighted by molar-refractivity contribution is -0.122. The first kappa shape index (κ1) is 17.5. The van der Waals surface area contributed by atoms with Crippen molar-refractivity contribution in [2.45, 2.75) is 12.6 Å². The number of amides is 1. The molecular weight excluding hydrogens is 336 g/mol. The topological polar surface area (TPSA) is 50.8 Å². The van der Waals surface area contributed by atoms with Crippen LogP contribution in [0.2, 0.25) is 0 Å². The van der Waals surface area contributed by atoms with E-state index in [2.05, 4.69) is 22.9 Å². The maximum atomic E-state index is 12.3. The molecule has 3 rings (SSSR count). The normalized spacial score (nSPS) is 15.8. The van der Waals surface area contributed by atoms with Gasteiger partial charge in [0.15, 0.2) is 11.5 Å². The molecule has 0 saturated carbocycles. The van der Waals surface area contributed by atoms with E-state index in [1.165, 1.54) is 4.88 Å². The lowest BCUT2D eigenvalue weighted by Gasteiger charge is -2.27. The van der Waals surface area contributed by atoms with Gasteiger partial charge in [-0.3, -0.25) is 9.69 Å². The first-order valence-electron chi connectivity index (χ1n) is 8.25. The van der Waals surface area contributed by atoms with Crippen molar-refractivity contribution in [3.05, 3.63) is 59.3 Å². The highest BCUT2D eigenvalue weighted by atomic mass is 32.1. The van der Waals surface area contributed by atoms with E-state index in [9.17, 15) is 4.79 Å². The number of ether oxygens (including phenoxy) is 2. The van der Waals surface area contributed by atoms with Crippen LogP contribution >= 0.6 is 11.3 Å². The Morgan fingerprint density at radius 2 is 2.16 bits per heavy atom. The Balaban J connectivity index is 1.46. The van der Waals surface area contributed by atoms with E-state index in [1.807, 2.05) is 41.8 Å². The molecule has 2 aromatic rings. The van der Waals surface area contributed by atoms with Crippen molar-refractivity contribution in [3.8, 4) is 11.5 Å². The first-order chi connectivity index (χ1) is 12.2. The van der Waals surface area contributed by atoms with E-state index < -0.39 is 0 Å². The van der Waals surface area contributed by atoms with Crippen molar-refractivity contribution in [2.24, 2.45) is 0 Å². The molecule has 0 spiro atoms. The number of nitrogens with one attached hydrogen (secondary N) is 1. The molecule has 0 bridgehead atoms. The maximum absolute atomic E-state index is 12.3. The van der Waals surface area contributed by atoms with Crippen LogP contribution in [0, 0.1) is 0 Å². The van der Waals surface area contributed by atoms with Gasteiger partial charge >= 0.3 is 0 Å². The van der Waals surface area contributed by atoms with Gasteiger partial charge < -0.3 is 14.8 Å². The van der Waals surface area contributed by atoms with Crippen LogP contribution in [0.4, 0.5) is 0 Å². The zero-order chi connectivity index (χ0) is 17.5. The fraction of sp³-hybridized carbons (Fsp3) is 0.316. The highest BCUT2D eigenvalue weighted by molar-refractivity contribution is 7.09. The van der Waals surface area contributed by atoms with Crippen LogP contribution in [0.1, 0.15) is 4.88 Å². The Labute approximate surface area is 151 Å². The first-order valence-corrected chi connectivity index (χ1v) is 9.13. The predicted octanol–water partition coefficient (Wildman–Crippen LogP) is 2.69. The van der Waals surface area contributed by atoms with Gasteiger partial charge in [-0.15, -0.1) is 17.9 Å². The molecule has 0 aliphatic carbocycles. The number of fused-ring (bicyclic) bond motifs is 1. The van der Waals surface area contributed by atoms with Gasteiger partial charge in [0, 0.05) is 18.0 Å². The van der Waals surface area contributed by atoms with E-state index in [0.29, 0.717) is 26.2 Å². The molecule has 2 heterocycles. The van der Waals surface area contributed by atoms with Crippen LogP contribution in [0.5, 0.6) is 11.5 Å². The SMILES string of the molecule is C=CCN(CC(=O)NCC1COc2ccccc2O1)Cc1cccs1. The van der Waals surface area contributed by atoms with Crippen molar-refractivity contribution in [1.29, 1.82) is 0 Å². The smallest absolute Gasteiger partial charge is 0.234 e. The summed E-state index contributed by atoms with van der Waals surface area (Å²) in [6.07, 6.45) is 1.64. The minimum Gasteiger partial charge on any atom is -0.486 e. The number of thiophene rings is 1. The van der Waals surface area contributed by atoms with E-state index in [-0.39, 0.29) is 12.0 Å². The molecule has 1 aliphatic heterocycles. The van der Waals surface area contributed by atoms with Gasteiger partial charge in [-0.1, -0.05) is 24.3 Å². The molecule has 1 atom stereocenters. The molecular formula is C19H22N2O3S. The number of carbonyl (C=O) groups is 1. The lowest BCUT2D eigenvalue weighted by Crippen LogP contribution is -2.44. The third kappa shape index (κ3) is 5.08. The molecule has 132 valence electrons. The summed E-state index contributed by atoms with van der Waals surface area (Å²) in [7, 11) is 0. The monoisotopic (exact) mass is 358 g/mol. The Bertz CT molecular complexity index is 702. The molecule has 1 aromatic carbocycles. The maximum Gasteiger partial charge on any atom is 0.234 e. The van der Waals surface area contributed by atoms with Gasteiger partial charge in [-0.2, -0.15) is 0 Å². The van der Waals surface area contributed by atoms with Crippen LogP contribution in [0.3, 0.4) is 0 Å². The fourth-order valence-corrected chi connectivity index (χ4v) is 3.39. The summed E-state index contributed by atoms with van der Waals surface area (Å²) in [4.78, 5) is 15.6. The zero-order valence-electron chi connectivity index (χ0n) is 14.0. The number of carbonyl (C=O) groups excluding carboxylic acids is 1. The van der Waals surface area contributed by atoms with Gasteiger partial charge in [0.1, 0.15) is 12.7 Å². The van der Waals surface area contributed by atoms with Gasteiger partial charge in [-0.25, -0.2) is 0 Å². The second-order valence-corrected chi connectivity index (χ2v) is 6.87. The highest BCUT2D eigenvalue weighted by Crippen LogP contribution is 2.30. The van der Waals surface area contributed by atoms with Crippen LogP contribution in [0.25, 0.3) is 0 Å². The second-order valence-electron chi connectivity index (χ2n) is 5.84. The van der Waals surface area contributed by atoms with Crippen molar-refractivity contribution in [1.82, 2.24) is 10.2 Å². The van der Waals surface area contributed by atoms with Crippen LogP contribution in [0.15, 0.2) is 54.4 Å². The predicted molar refractivity (Wildman–Crippen MR) is 99.2 cm³/mol. The average Bonchev–Trinajstić information content (AvgIpc) is 3.13.